The summed E-state index contributed by atoms with van der Waals surface area (Å²) in [5.41, 5.74) is 3.70. The number of nitrogens with zero attached hydrogens (tertiary/aromatic N) is 6. The summed E-state index contributed by atoms with van der Waals surface area (Å²) in [5, 5.41) is 9.79. The van der Waals surface area contributed by atoms with E-state index in [1.807, 2.05) is 67.3 Å². The number of hydrogen-bond donors (Lipinski definition) is 0. The lowest BCUT2D eigenvalue weighted by molar-refractivity contribution is -0.133. The summed E-state index contributed by atoms with van der Waals surface area (Å²) in [5.74, 6) is -0.0908. The molecular weight excluding hydrogens is 464 g/mol. The molecular formula is C26H29ClN6O2. The first-order chi connectivity index (χ1) is 16.5. The van der Waals surface area contributed by atoms with Gasteiger partial charge in [0.05, 0.1) is 22.5 Å². The molecule has 1 aliphatic rings. The van der Waals surface area contributed by atoms with E-state index in [4.69, 9.17) is 0 Å². The van der Waals surface area contributed by atoms with Gasteiger partial charge in [-0.15, -0.1) is 12.4 Å². The average Bonchev–Trinajstić information content (AvgIpc) is 3.22. The zero-order chi connectivity index (χ0) is 23.7. The Morgan fingerprint density at radius 1 is 0.886 bits per heavy atom. The number of benzene rings is 2. The number of halogens is 1. The van der Waals surface area contributed by atoms with E-state index in [2.05, 4.69) is 27.2 Å². The van der Waals surface area contributed by atoms with Crippen LogP contribution in [0.1, 0.15) is 17.0 Å². The lowest BCUT2D eigenvalue weighted by Crippen LogP contribution is -2.49. The molecule has 0 saturated carbocycles. The lowest BCUT2D eigenvalue weighted by Gasteiger charge is -2.34. The first-order valence-corrected chi connectivity index (χ1v) is 11.6. The van der Waals surface area contributed by atoms with Crippen molar-refractivity contribution in [3.8, 4) is 5.69 Å². The van der Waals surface area contributed by atoms with Crippen molar-refractivity contribution >= 4 is 29.2 Å². The van der Waals surface area contributed by atoms with Crippen LogP contribution in [0.15, 0.2) is 65.5 Å². The minimum absolute atomic E-state index is 0. The molecule has 1 aliphatic heterocycles. The standard InChI is InChI=1S/C26H28N6O2.ClH/c1-19-24-20(2)32(22-11-7-4-8-12-22)28-25(24)26(34)31(27-19)18-23(33)30-15-13-29(14-16-30)17-21-9-5-3-6-10-21;/h3-12H,13-18H2,1-2H3;1H. The van der Waals surface area contributed by atoms with Gasteiger partial charge in [-0.2, -0.15) is 10.2 Å². The topological polar surface area (TPSA) is 76.3 Å². The Labute approximate surface area is 210 Å². The maximum absolute atomic E-state index is 13.2. The fourth-order valence-corrected chi connectivity index (χ4v) is 4.64. The van der Waals surface area contributed by atoms with Gasteiger partial charge in [-0.1, -0.05) is 48.5 Å². The number of piperazine rings is 1. The minimum Gasteiger partial charge on any atom is -0.339 e. The molecule has 0 spiro atoms. The van der Waals surface area contributed by atoms with Gasteiger partial charge in [-0.3, -0.25) is 14.5 Å². The van der Waals surface area contributed by atoms with E-state index in [1.54, 1.807) is 4.68 Å². The van der Waals surface area contributed by atoms with E-state index in [-0.39, 0.29) is 30.4 Å². The molecule has 2 aromatic heterocycles. The largest absolute Gasteiger partial charge is 0.339 e. The van der Waals surface area contributed by atoms with Gasteiger partial charge in [0.15, 0.2) is 5.52 Å². The molecule has 3 heterocycles. The zero-order valence-corrected chi connectivity index (χ0v) is 20.7. The molecule has 0 aliphatic carbocycles. The predicted octanol–water partition coefficient (Wildman–Crippen LogP) is 2.97. The van der Waals surface area contributed by atoms with Crippen LogP contribution in [0.2, 0.25) is 0 Å². The van der Waals surface area contributed by atoms with Crippen molar-refractivity contribution in [1.82, 2.24) is 29.4 Å². The normalized spacial score (nSPS) is 14.2. The molecule has 1 amide bonds. The minimum atomic E-state index is -0.338. The molecule has 1 fully saturated rings. The second-order valence-corrected chi connectivity index (χ2v) is 8.75. The summed E-state index contributed by atoms with van der Waals surface area (Å²) < 4.78 is 3.02. The van der Waals surface area contributed by atoms with Crippen LogP contribution in [0.4, 0.5) is 0 Å². The Morgan fingerprint density at radius 2 is 1.51 bits per heavy atom. The maximum Gasteiger partial charge on any atom is 0.295 e. The number of aryl methyl sites for hydroxylation is 2. The summed E-state index contributed by atoms with van der Waals surface area (Å²) in [4.78, 5) is 30.4. The van der Waals surface area contributed by atoms with Crippen molar-refractivity contribution in [2.24, 2.45) is 0 Å². The molecule has 4 aromatic rings. The smallest absolute Gasteiger partial charge is 0.295 e. The number of fused-ring (bicyclic) bond motifs is 1. The third kappa shape index (κ3) is 4.99. The van der Waals surface area contributed by atoms with Gasteiger partial charge in [0.2, 0.25) is 5.91 Å². The van der Waals surface area contributed by atoms with Crippen molar-refractivity contribution in [3.63, 3.8) is 0 Å². The first-order valence-electron chi connectivity index (χ1n) is 11.6. The summed E-state index contributed by atoms with van der Waals surface area (Å²) in [6.45, 7) is 7.49. The van der Waals surface area contributed by atoms with E-state index in [9.17, 15) is 9.59 Å². The lowest BCUT2D eigenvalue weighted by atomic mass is 10.2. The number of rotatable bonds is 5. The van der Waals surface area contributed by atoms with Gasteiger partial charge >= 0.3 is 0 Å². The van der Waals surface area contributed by atoms with Crippen LogP contribution >= 0.6 is 12.4 Å². The maximum atomic E-state index is 13.2. The molecule has 5 rings (SSSR count). The summed E-state index contributed by atoms with van der Waals surface area (Å²) in [6.07, 6.45) is 0. The third-order valence-electron chi connectivity index (χ3n) is 6.45. The highest BCUT2D eigenvalue weighted by atomic mass is 35.5. The van der Waals surface area contributed by atoms with Gasteiger partial charge in [0.25, 0.3) is 5.56 Å². The molecule has 9 heteroatoms. The van der Waals surface area contributed by atoms with Gasteiger partial charge < -0.3 is 4.90 Å². The molecule has 0 radical (unpaired) electrons. The second kappa shape index (κ2) is 10.4. The van der Waals surface area contributed by atoms with Crippen LogP contribution < -0.4 is 5.56 Å². The Morgan fingerprint density at radius 3 is 2.17 bits per heavy atom. The number of carbonyl (C=O) groups excluding carboxylic acids is 1. The molecule has 2 aromatic carbocycles. The fraction of sp³-hybridized carbons (Fsp3) is 0.308. The predicted molar refractivity (Wildman–Crippen MR) is 138 cm³/mol. The molecule has 0 N–H and O–H groups in total. The van der Waals surface area contributed by atoms with Gasteiger partial charge in [-0.05, 0) is 31.5 Å². The summed E-state index contributed by atoms with van der Waals surface area (Å²) in [6, 6.07) is 20.0. The monoisotopic (exact) mass is 492 g/mol. The van der Waals surface area contributed by atoms with Crippen LogP contribution in [-0.4, -0.2) is 61.4 Å². The third-order valence-corrected chi connectivity index (χ3v) is 6.45. The van der Waals surface area contributed by atoms with Crippen molar-refractivity contribution in [2.75, 3.05) is 26.2 Å². The van der Waals surface area contributed by atoms with E-state index >= 15 is 0 Å². The highest BCUT2D eigenvalue weighted by Crippen LogP contribution is 2.21. The molecule has 0 atom stereocenters. The SMILES string of the molecule is Cc1nn(CC(=O)N2CCN(Cc3ccccc3)CC2)c(=O)c2nn(-c3ccccc3)c(C)c12.Cl. The van der Waals surface area contributed by atoms with E-state index in [0.29, 0.717) is 24.3 Å². The number of aromatic nitrogens is 4. The molecule has 35 heavy (non-hydrogen) atoms. The van der Waals surface area contributed by atoms with Gasteiger partial charge in [-0.25, -0.2) is 9.36 Å². The fourth-order valence-electron chi connectivity index (χ4n) is 4.64. The van der Waals surface area contributed by atoms with E-state index in [1.165, 1.54) is 10.2 Å². The van der Waals surface area contributed by atoms with Crippen molar-refractivity contribution in [3.05, 3.63) is 88.0 Å². The van der Waals surface area contributed by atoms with Crippen molar-refractivity contribution in [1.29, 1.82) is 0 Å². The quantitative estimate of drug-likeness (QED) is 0.428. The van der Waals surface area contributed by atoms with Crippen LogP contribution in [-0.2, 0) is 17.9 Å². The molecule has 0 bridgehead atoms. The Bertz CT molecular complexity index is 1380. The highest BCUT2D eigenvalue weighted by molar-refractivity contribution is 5.85. The van der Waals surface area contributed by atoms with Crippen LogP contribution in [0.3, 0.4) is 0 Å². The Balaban J connectivity index is 0.00000289. The van der Waals surface area contributed by atoms with E-state index in [0.717, 1.165) is 36.4 Å². The van der Waals surface area contributed by atoms with Crippen LogP contribution in [0, 0.1) is 13.8 Å². The second-order valence-electron chi connectivity index (χ2n) is 8.75. The first kappa shape index (κ1) is 24.6. The van der Waals surface area contributed by atoms with Crippen molar-refractivity contribution in [2.45, 2.75) is 26.9 Å². The number of hydrogen-bond acceptors (Lipinski definition) is 5. The van der Waals surface area contributed by atoms with Crippen LogP contribution in [0.5, 0.6) is 0 Å². The summed E-state index contributed by atoms with van der Waals surface area (Å²) >= 11 is 0. The Kier molecular flexibility index (Phi) is 7.33. The average molecular weight is 493 g/mol. The molecule has 8 nitrogen and oxygen atoms in total. The number of amides is 1. The van der Waals surface area contributed by atoms with Crippen molar-refractivity contribution < 1.29 is 4.79 Å². The molecule has 182 valence electrons. The van der Waals surface area contributed by atoms with E-state index < -0.39 is 0 Å². The molecule has 1 saturated heterocycles. The van der Waals surface area contributed by atoms with Gasteiger partial charge in [0.1, 0.15) is 6.54 Å². The zero-order valence-electron chi connectivity index (χ0n) is 19.9. The molecule has 0 unspecified atom stereocenters. The highest BCUT2D eigenvalue weighted by Gasteiger charge is 2.23. The summed E-state index contributed by atoms with van der Waals surface area (Å²) in [7, 11) is 0. The number of carbonyl (C=O) groups is 1. The Hall–Kier alpha value is -3.49. The number of para-hydroxylation sites is 1. The van der Waals surface area contributed by atoms with Gasteiger partial charge in [0, 0.05) is 32.7 Å². The van der Waals surface area contributed by atoms with Crippen LogP contribution in [0.25, 0.3) is 16.6 Å².